The van der Waals surface area contributed by atoms with E-state index < -0.39 is 5.97 Å². The van der Waals surface area contributed by atoms with Crippen molar-refractivity contribution in [3.05, 3.63) is 17.7 Å². The lowest BCUT2D eigenvalue weighted by molar-refractivity contribution is -0.142. The average molecular weight is 239 g/mol. The second-order valence-corrected chi connectivity index (χ2v) is 3.38. The van der Waals surface area contributed by atoms with E-state index in [0.29, 0.717) is 17.2 Å². The second-order valence-electron chi connectivity index (χ2n) is 3.38. The normalized spacial score (nSPS) is 12.4. The van der Waals surface area contributed by atoms with Crippen molar-refractivity contribution in [3.8, 4) is 17.2 Å². The Bertz CT molecular complexity index is 432. The Morgan fingerprint density at radius 1 is 1.41 bits per heavy atom. The van der Waals surface area contributed by atoms with Crippen LogP contribution in [-0.4, -0.2) is 26.5 Å². The summed E-state index contributed by atoms with van der Waals surface area (Å²) in [6.45, 7) is 0.302. The van der Waals surface area contributed by atoms with E-state index in [1.165, 1.54) is 7.11 Å². The minimum atomic E-state index is -0.453. The molecule has 1 aromatic carbocycles. The van der Waals surface area contributed by atoms with Gasteiger partial charge < -0.3 is 24.7 Å². The molecule has 0 radical (unpaired) electrons. The predicted molar refractivity (Wildman–Crippen MR) is 58.0 cm³/mol. The molecule has 0 atom stereocenters. The van der Waals surface area contributed by atoms with Gasteiger partial charge in [-0.2, -0.15) is 0 Å². The number of rotatable bonds is 4. The summed E-state index contributed by atoms with van der Waals surface area (Å²) in [5.41, 5.74) is 6.34. The van der Waals surface area contributed by atoms with E-state index in [-0.39, 0.29) is 19.9 Å². The van der Waals surface area contributed by atoms with Crippen molar-refractivity contribution in [2.24, 2.45) is 5.73 Å². The summed E-state index contributed by atoms with van der Waals surface area (Å²) >= 11 is 0. The van der Waals surface area contributed by atoms with Crippen LogP contribution in [0.2, 0.25) is 0 Å². The van der Waals surface area contributed by atoms with Gasteiger partial charge in [0.2, 0.25) is 6.79 Å². The van der Waals surface area contributed by atoms with Crippen LogP contribution in [0.3, 0.4) is 0 Å². The van der Waals surface area contributed by atoms with Crippen LogP contribution >= 0.6 is 0 Å². The Balaban J connectivity index is 2.17. The van der Waals surface area contributed by atoms with Gasteiger partial charge in [-0.05, 0) is 6.07 Å². The van der Waals surface area contributed by atoms with Gasteiger partial charge >= 0.3 is 5.97 Å². The van der Waals surface area contributed by atoms with Gasteiger partial charge in [-0.15, -0.1) is 0 Å². The number of hydrogen-bond donors (Lipinski definition) is 1. The SMILES string of the molecule is COC(=O)COc1cc2c(cc1CN)OCO2. The van der Waals surface area contributed by atoms with Gasteiger partial charge in [0.05, 0.1) is 7.11 Å². The molecule has 1 aliphatic rings. The number of methoxy groups -OCH3 is 1. The molecule has 0 aliphatic carbocycles. The molecule has 1 aliphatic heterocycles. The highest BCUT2D eigenvalue weighted by Crippen LogP contribution is 2.37. The predicted octanol–water partition coefficient (Wildman–Crippen LogP) is 0.426. The van der Waals surface area contributed by atoms with Crippen molar-refractivity contribution in [2.45, 2.75) is 6.54 Å². The highest BCUT2D eigenvalue weighted by molar-refractivity contribution is 5.71. The quantitative estimate of drug-likeness (QED) is 0.767. The Morgan fingerprint density at radius 2 is 2.12 bits per heavy atom. The van der Waals surface area contributed by atoms with Crippen molar-refractivity contribution in [1.82, 2.24) is 0 Å². The maximum Gasteiger partial charge on any atom is 0.343 e. The number of benzene rings is 1. The van der Waals surface area contributed by atoms with Crippen molar-refractivity contribution >= 4 is 5.97 Å². The number of fused-ring (bicyclic) bond motifs is 1. The van der Waals surface area contributed by atoms with Crippen LogP contribution in [0.4, 0.5) is 0 Å². The molecule has 92 valence electrons. The first-order chi connectivity index (χ1) is 8.24. The van der Waals surface area contributed by atoms with Crippen LogP contribution in [0.15, 0.2) is 12.1 Å². The zero-order chi connectivity index (χ0) is 12.3. The van der Waals surface area contributed by atoms with E-state index in [2.05, 4.69) is 4.74 Å². The summed E-state index contributed by atoms with van der Waals surface area (Å²) in [6.07, 6.45) is 0. The summed E-state index contributed by atoms with van der Waals surface area (Å²) < 4.78 is 20.2. The second kappa shape index (κ2) is 4.92. The van der Waals surface area contributed by atoms with E-state index in [1.807, 2.05) is 0 Å². The molecule has 0 amide bonds. The maximum atomic E-state index is 11.0. The molecule has 0 unspecified atom stereocenters. The first-order valence-corrected chi connectivity index (χ1v) is 5.06. The molecule has 0 saturated carbocycles. The van der Waals surface area contributed by atoms with Crippen LogP contribution in [0.5, 0.6) is 17.2 Å². The van der Waals surface area contributed by atoms with Gasteiger partial charge in [0.15, 0.2) is 18.1 Å². The fourth-order valence-electron chi connectivity index (χ4n) is 1.45. The van der Waals surface area contributed by atoms with Crippen molar-refractivity contribution < 1.29 is 23.7 Å². The molecule has 2 N–H and O–H groups in total. The van der Waals surface area contributed by atoms with Gasteiger partial charge in [0.25, 0.3) is 0 Å². The Kier molecular flexibility index (Phi) is 3.34. The molecule has 0 bridgehead atoms. The summed E-state index contributed by atoms with van der Waals surface area (Å²) in [4.78, 5) is 11.0. The fraction of sp³-hybridized carbons (Fsp3) is 0.364. The van der Waals surface area contributed by atoms with E-state index in [4.69, 9.17) is 19.9 Å². The molecular weight excluding hydrogens is 226 g/mol. The summed E-state index contributed by atoms with van der Waals surface area (Å²) in [5.74, 6) is 1.27. The molecule has 6 nitrogen and oxygen atoms in total. The first kappa shape index (κ1) is 11.5. The van der Waals surface area contributed by atoms with Crippen LogP contribution in [0.25, 0.3) is 0 Å². The molecular formula is C11H13NO5. The standard InChI is InChI=1S/C11H13NO5/c1-14-11(13)5-15-8-3-10-9(16-6-17-10)2-7(8)4-12/h2-3H,4-6,12H2,1H3. The Hall–Kier alpha value is -1.95. The monoisotopic (exact) mass is 239 g/mol. The van der Waals surface area contributed by atoms with Gasteiger partial charge in [-0.25, -0.2) is 4.79 Å². The molecule has 2 rings (SSSR count). The number of hydrogen-bond acceptors (Lipinski definition) is 6. The number of nitrogens with two attached hydrogens (primary N) is 1. The van der Waals surface area contributed by atoms with Crippen LogP contribution < -0.4 is 19.9 Å². The number of carbonyl (C=O) groups is 1. The molecule has 1 aromatic rings. The average Bonchev–Trinajstić information content (AvgIpc) is 2.81. The van der Waals surface area contributed by atoms with Crippen molar-refractivity contribution in [2.75, 3.05) is 20.5 Å². The van der Waals surface area contributed by atoms with Gasteiger partial charge in [0.1, 0.15) is 5.75 Å². The Labute approximate surface area is 98.2 Å². The van der Waals surface area contributed by atoms with Crippen molar-refractivity contribution in [1.29, 1.82) is 0 Å². The summed E-state index contributed by atoms with van der Waals surface area (Å²) in [7, 11) is 1.30. The lowest BCUT2D eigenvalue weighted by Gasteiger charge is -2.10. The first-order valence-electron chi connectivity index (χ1n) is 5.06. The zero-order valence-corrected chi connectivity index (χ0v) is 9.39. The molecule has 17 heavy (non-hydrogen) atoms. The van der Waals surface area contributed by atoms with Gasteiger partial charge in [-0.1, -0.05) is 0 Å². The minimum absolute atomic E-state index is 0.164. The number of esters is 1. The van der Waals surface area contributed by atoms with Crippen molar-refractivity contribution in [3.63, 3.8) is 0 Å². The maximum absolute atomic E-state index is 11.0. The van der Waals surface area contributed by atoms with Gasteiger partial charge in [0, 0.05) is 18.2 Å². The van der Waals surface area contributed by atoms with Gasteiger partial charge in [-0.3, -0.25) is 0 Å². The number of carbonyl (C=O) groups excluding carboxylic acids is 1. The van der Waals surface area contributed by atoms with E-state index in [9.17, 15) is 4.79 Å². The zero-order valence-electron chi connectivity index (χ0n) is 9.39. The minimum Gasteiger partial charge on any atom is -0.481 e. The third-order valence-electron chi connectivity index (χ3n) is 2.35. The molecule has 0 aromatic heterocycles. The third-order valence-corrected chi connectivity index (χ3v) is 2.35. The van der Waals surface area contributed by atoms with Crippen LogP contribution in [0, 0.1) is 0 Å². The van der Waals surface area contributed by atoms with Crippen LogP contribution in [0.1, 0.15) is 5.56 Å². The third kappa shape index (κ3) is 2.42. The molecule has 6 heteroatoms. The van der Waals surface area contributed by atoms with Crippen LogP contribution in [-0.2, 0) is 16.1 Å². The highest BCUT2D eigenvalue weighted by atomic mass is 16.7. The summed E-state index contributed by atoms with van der Waals surface area (Å²) in [5, 5.41) is 0. The van der Waals surface area contributed by atoms with E-state index >= 15 is 0 Å². The largest absolute Gasteiger partial charge is 0.481 e. The molecule has 0 saturated heterocycles. The molecule has 1 heterocycles. The fourth-order valence-corrected chi connectivity index (χ4v) is 1.45. The smallest absolute Gasteiger partial charge is 0.343 e. The Morgan fingerprint density at radius 3 is 2.76 bits per heavy atom. The molecule has 0 fully saturated rings. The summed E-state index contributed by atoms with van der Waals surface area (Å²) in [6, 6.07) is 3.41. The van der Waals surface area contributed by atoms with E-state index in [0.717, 1.165) is 5.56 Å². The lowest BCUT2D eigenvalue weighted by Crippen LogP contribution is -2.14. The number of ether oxygens (including phenoxy) is 4. The topological polar surface area (TPSA) is 80.0 Å². The molecule has 0 spiro atoms. The highest BCUT2D eigenvalue weighted by Gasteiger charge is 2.18. The lowest BCUT2D eigenvalue weighted by atomic mass is 10.2. The van der Waals surface area contributed by atoms with E-state index in [1.54, 1.807) is 12.1 Å².